The van der Waals surface area contributed by atoms with E-state index in [-0.39, 0.29) is 25.8 Å². The topological polar surface area (TPSA) is 78.6 Å². The van der Waals surface area contributed by atoms with Crippen LogP contribution in [-0.2, 0) is 10.1 Å². The van der Waals surface area contributed by atoms with Crippen LogP contribution >= 0.6 is 0 Å². The third-order valence-electron chi connectivity index (χ3n) is 2.29. The highest BCUT2D eigenvalue weighted by Crippen LogP contribution is 2.35. The predicted octanol–water partition coefficient (Wildman–Crippen LogP) is 1.94. The number of halogens is 3. The van der Waals surface area contributed by atoms with Crippen molar-refractivity contribution in [2.45, 2.75) is 19.0 Å². The summed E-state index contributed by atoms with van der Waals surface area (Å²) in [5.41, 5.74) is 0.749. The zero-order valence-electron chi connectivity index (χ0n) is 8.77. The molecule has 0 saturated heterocycles. The highest BCUT2D eigenvalue weighted by molar-refractivity contribution is 7.87. The summed E-state index contributed by atoms with van der Waals surface area (Å²) in [6.07, 6.45) is 0. The minimum absolute atomic E-state index is 0. The third kappa shape index (κ3) is 2.92. The second kappa shape index (κ2) is 4.89. The van der Waals surface area contributed by atoms with Crippen LogP contribution in [0.3, 0.4) is 0 Å². The summed E-state index contributed by atoms with van der Waals surface area (Å²) in [7, 11) is -5.67. The molecular formula is C10H12F3NO4S. The maximum absolute atomic E-state index is 12.1. The normalized spacial score (nSPS) is 18.2. The molecular weight excluding hydrogens is 287 g/mol. The van der Waals surface area contributed by atoms with Gasteiger partial charge in [0.1, 0.15) is 18.1 Å². The number of benzene rings is 1. The highest BCUT2D eigenvalue weighted by Gasteiger charge is 2.48. The number of hydrogen-bond donors (Lipinski definition) is 1. The number of fused-ring (bicyclic) bond motifs is 1. The van der Waals surface area contributed by atoms with Crippen molar-refractivity contribution in [3.63, 3.8) is 0 Å². The van der Waals surface area contributed by atoms with E-state index in [9.17, 15) is 21.6 Å². The van der Waals surface area contributed by atoms with Crippen molar-refractivity contribution in [3.8, 4) is 11.5 Å². The quantitative estimate of drug-likeness (QED) is 0.667. The van der Waals surface area contributed by atoms with Crippen LogP contribution in [0.5, 0.6) is 11.5 Å². The van der Waals surface area contributed by atoms with Crippen molar-refractivity contribution < 1.29 is 30.5 Å². The van der Waals surface area contributed by atoms with E-state index in [1.165, 1.54) is 6.07 Å². The molecule has 1 heterocycles. The van der Waals surface area contributed by atoms with Gasteiger partial charge < -0.3 is 14.7 Å². The monoisotopic (exact) mass is 299 g/mol. The molecule has 108 valence electrons. The number of hydrogen-bond acceptors (Lipinski definition) is 5. The molecule has 0 aromatic heterocycles. The summed E-state index contributed by atoms with van der Waals surface area (Å²) in [6.45, 7) is 0.185. The summed E-state index contributed by atoms with van der Waals surface area (Å²) >= 11 is 0. The number of ether oxygens (including phenoxy) is 1. The summed E-state index contributed by atoms with van der Waals surface area (Å²) in [5.74, 6) is -0.252. The van der Waals surface area contributed by atoms with Gasteiger partial charge in [-0.05, 0) is 12.1 Å². The van der Waals surface area contributed by atoms with E-state index in [0.29, 0.717) is 5.56 Å². The zero-order chi connectivity index (χ0) is 13.6. The molecule has 0 spiro atoms. The molecule has 0 bridgehead atoms. The fraction of sp³-hybridized carbons (Fsp3) is 0.400. The molecule has 1 aromatic carbocycles. The maximum atomic E-state index is 12.1. The maximum Gasteiger partial charge on any atom is 0.534 e. The van der Waals surface area contributed by atoms with Crippen LogP contribution in [0.15, 0.2) is 18.2 Å². The average Bonchev–Trinajstić information content (AvgIpc) is 2.58. The number of alkyl halides is 3. The minimum atomic E-state index is -5.67. The van der Waals surface area contributed by atoms with Gasteiger partial charge in [0.25, 0.3) is 0 Å². The Balaban J connectivity index is 0.00000180. The molecule has 2 rings (SSSR count). The zero-order valence-corrected chi connectivity index (χ0v) is 9.59. The first-order valence-electron chi connectivity index (χ1n) is 4.74. The molecule has 0 aliphatic carbocycles. The van der Waals surface area contributed by atoms with Gasteiger partial charge in [-0.25, -0.2) is 0 Å². The Morgan fingerprint density at radius 3 is 2.58 bits per heavy atom. The van der Waals surface area contributed by atoms with E-state index < -0.39 is 21.4 Å². The molecule has 5 nitrogen and oxygen atoms in total. The average molecular weight is 299 g/mol. The Labute approximate surface area is 108 Å². The van der Waals surface area contributed by atoms with E-state index in [0.717, 1.165) is 12.1 Å². The lowest BCUT2D eigenvalue weighted by atomic mass is 10.1. The first-order chi connectivity index (χ1) is 8.21. The fourth-order valence-electron chi connectivity index (χ4n) is 1.44. The first-order valence-corrected chi connectivity index (χ1v) is 6.14. The van der Waals surface area contributed by atoms with E-state index in [2.05, 4.69) is 4.18 Å². The fourth-order valence-corrected chi connectivity index (χ4v) is 1.89. The van der Waals surface area contributed by atoms with Crippen molar-refractivity contribution >= 4 is 10.1 Å². The SMILES string of the molecule is C.NC1COc2cc(OS(=O)(=O)C(F)(F)F)ccc21. The van der Waals surface area contributed by atoms with Gasteiger partial charge >= 0.3 is 15.6 Å². The minimum Gasteiger partial charge on any atom is -0.491 e. The van der Waals surface area contributed by atoms with Crippen molar-refractivity contribution in [3.05, 3.63) is 23.8 Å². The Morgan fingerprint density at radius 2 is 2.00 bits per heavy atom. The number of rotatable bonds is 2. The van der Waals surface area contributed by atoms with Crippen LogP contribution in [0.1, 0.15) is 19.0 Å². The third-order valence-corrected chi connectivity index (χ3v) is 3.27. The molecule has 19 heavy (non-hydrogen) atoms. The number of nitrogens with two attached hydrogens (primary N) is 1. The molecule has 0 radical (unpaired) electrons. The molecule has 0 amide bonds. The molecule has 9 heteroatoms. The predicted molar refractivity (Wildman–Crippen MR) is 61.2 cm³/mol. The van der Waals surface area contributed by atoms with Crippen LogP contribution in [0.4, 0.5) is 13.2 Å². The molecule has 1 unspecified atom stereocenters. The van der Waals surface area contributed by atoms with Crippen molar-refractivity contribution in [2.75, 3.05) is 6.61 Å². The van der Waals surface area contributed by atoms with Crippen LogP contribution in [-0.4, -0.2) is 20.5 Å². The lowest BCUT2D eigenvalue weighted by Gasteiger charge is -2.10. The molecule has 2 N–H and O–H groups in total. The summed E-state index contributed by atoms with van der Waals surface area (Å²) in [4.78, 5) is 0. The largest absolute Gasteiger partial charge is 0.534 e. The van der Waals surface area contributed by atoms with Crippen molar-refractivity contribution in [1.82, 2.24) is 0 Å². The Hall–Kier alpha value is -1.48. The van der Waals surface area contributed by atoms with Gasteiger partial charge in [-0.3, -0.25) is 0 Å². The molecule has 0 saturated carbocycles. The van der Waals surface area contributed by atoms with Crippen LogP contribution < -0.4 is 14.7 Å². The lowest BCUT2D eigenvalue weighted by Crippen LogP contribution is -2.28. The highest BCUT2D eigenvalue weighted by atomic mass is 32.2. The molecule has 0 fully saturated rings. The van der Waals surface area contributed by atoms with Gasteiger partial charge in [-0.1, -0.05) is 7.43 Å². The molecule has 1 aromatic rings. The van der Waals surface area contributed by atoms with Crippen molar-refractivity contribution in [2.24, 2.45) is 5.73 Å². The smallest absolute Gasteiger partial charge is 0.491 e. The summed E-state index contributed by atoms with van der Waals surface area (Å²) in [6, 6.07) is 3.14. The van der Waals surface area contributed by atoms with Gasteiger partial charge in [-0.15, -0.1) is 0 Å². The molecule has 1 aliphatic heterocycles. The summed E-state index contributed by atoms with van der Waals surface area (Å²) < 4.78 is 66.8. The van der Waals surface area contributed by atoms with E-state index >= 15 is 0 Å². The standard InChI is InChI=1S/C9H8F3NO4S.CH4/c10-9(11,12)18(14,15)17-5-1-2-6-7(13)4-16-8(6)3-5;/h1-3,7H,4,13H2;1H4. The van der Waals surface area contributed by atoms with Crippen LogP contribution in [0, 0.1) is 0 Å². The van der Waals surface area contributed by atoms with Gasteiger partial charge in [0.2, 0.25) is 0 Å². The summed E-state index contributed by atoms with van der Waals surface area (Å²) in [5, 5.41) is 0. The second-order valence-corrected chi connectivity index (χ2v) is 5.14. The van der Waals surface area contributed by atoms with Gasteiger partial charge in [0.05, 0.1) is 6.04 Å². The van der Waals surface area contributed by atoms with Crippen LogP contribution in [0.2, 0.25) is 0 Å². The first kappa shape index (κ1) is 15.6. The van der Waals surface area contributed by atoms with E-state index in [1.54, 1.807) is 0 Å². The van der Waals surface area contributed by atoms with Crippen LogP contribution in [0.25, 0.3) is 0 Å². The Kier molecular flexibility index (Phi) is 4.01. The molecule has 1 aliphatic rings. The van der Waals surface area contributed by atoms with Gasteiger partial charge in [-0.2, -0.15) is 21.6 Å². The van der Waals surface area contributed by atoms with E-state index in [1.807, 2.05) is 0 Å². The Bertz CT molecular complexity index is 571. The van der Waals surface area contributed by atoms with E-state index in [4.69, 9.17) is 10.5 Å². The molecule has 1 atom stereocenters. The second-order valence-electron chi connectivity index (χ2n) is 3.60. The Morgan fingerprint density at radius 1 is 1.37 bits per heavy atom. The van der Waals surface area contributed by atoms with Gasteiger partial charge in [0.15, 0.2) is 0 Å². The lowest BCUT2D eigenvalue weighted by molar-refractivity contribution is -0.0500. The van der Waals surface area contributed by atoms with Gasteiger partial charge in [0, 0.05) is 11.6 Å². The van der Waals surface area contributed by atoms with Crippen molar-refractivity contribution in [1.29, 1.82) is 0 Å².